The van der Waals surface area contributed by atoms with Crippen molar-refractivity contribution in [1.29, 1.82) is 0 Å². The zero-order valence-electron chi connectivity index (χ0n) is 14.0. The molecule has 0 aromatic heterocycles. The molecule has 9 heteroatoms. The van der Waals surface area contributed by atoms with Gasteiger partial charge in [-0.25, -0.2) is 8.42 Å². The topological polar surface area (TPSA) is 83.0 Å². The highest BCUT2D eigenvalue weighted by Crippen LogP contribution is 2.16. The van der Waals surface area contributed by atoms with E-state index in [-0.39, 0.29) is 41.5 Å². The fourth-order valence-corrected chi connectivity index (χ4v) is 4.81. The Hall–Kier alpha value is -0.130. The van der Waals surface area contributed by atoms with Gasteiger partial charge in [0.15, 0.2) is 15.8 Å². The Morgan fingerprint density at radius 1 is 1.39 bits per heavy atom. The van der Waals surface area contributed by atoms with Gasteiger partial charge in [0.25, 0.3) is 0 Å². The van der Waals surface area contributed by atoms with Gasteiger partial charge in [0.05, 0.1) is 18.1 Å². The van der Waals surface area contributed by atoms with E-state index in [1.807, 2.05) is 0 Å². The van der Waals surface area contributed by atoms with Crippen LogP contribution < -0.4 is 10.6 Å². The smallest absolute Gasteiger partial charge is 0.191 e. The Bertz CT molecular complexity index is 486. The summed E-state index contributed by atoms with van der Waals surface area (Å²) in [7, 11) is 0.579. The molecule has 2 atom stereocenters. The number of nitrogens with zero attached hydrogens (tertiary/aromatic N) is 2. The largest absolute Gasteiger partial charge is 0.383 e. The molecule has 0 aliphatic carbocycles. The minimum Gasteiger partial charge on any atom is -0.383 e. The van der Waals surface area contributed by atoms with Crippen molar-refractivity contribution >= 4 is 39.8 Å². The summed E-state index contributed by atoms with van der Waals surface area (Å²) in [6.45, 7) is 3.64. The summed E-state index contributed by atoms with van der Waals surface area (Å²) in [5.41, 5.74) is 0. The molecule has 2 fully saturated rings. The number of hydrogen-bond acceptors (Lipinski definition) is 5. The van der Waals surface area contributed by atoms with Gasteiger partial charge < -0.3 is 15.4 Å². The van der Waals surface area contributed by atoms with E-state index in [2.05, 4.69) is 20.5 Å². The van der Waals surface area contributed by atoms with Gasteiger partial charge in [0.2, 0.25) is 0 Å². The number of halogens is 1. The van der Waals surface area contributed by atoms with Gasteiger partial charge in [-0.2, -0.15) is 0 Å². The van der Waals surface area contributed by atoms with E-state index in [0.29, 0.717) is 18.4 Å². The quantitative estimate of drug-likeness (QED) is 0.332. The molecular formula is C14H29IN4O3S. The second-order valence-electron chi connectivity index (χ2n) is 6.02. The predicted octanol–water partition coefficient (Wildman–Crippen LogP) is 0.0673. The van der Waals surface area contributed by atoms with Crippen molar-refractivity contribution in [2.24, 2.45) is 4.99 Å². The lowest BCUT2D eigenvalue weighted by molar-refractivity contribution is 0.141. The third-order valence-electron chi connectivity index (χ3n) is 4.38. The molecule has 2 aliphatic heterocycles. The van der Waals surface area contributed by atoms with Crippen LogP contribution in [0, 0.1) is 0 Å². The number of nitrogens with one attached hydrogen (secondary N) is 2. The van der Waals surface area contributed by atoms with Crippen LogP contribution in [0.3, 0.4) is 0 Å². The van der Waals surface area contributed by atoms with Gasteiger partial charge >= 0.3 is 0 Å². The molecule has 2 aliphatic rings. The molecule has 0 radical (unpaired) electrons. The normalized spacial score (nSPS) is 27.7. The standard InChI is InChI=1S/C14H28N4O3S.HI/c1-15-14(17-12-5-9-22(19,20)11-12)16-10-13-4-3-6-18(13)7-8-21-2;/h12-13H,3-11H2,1-2H3,(H2,15,16,17);1H. The van der Waals surface area contributed by atoms with Crippen molar-refractivity contribution in [3.8, 4) is 0 Å². The van der Waals surface area contributed by atoms with E-state index in [9.17, 15) is 8.42 Å². The lowest BCUT2D eigenvalue weighted by Gasteiger charge is -2.25. The van der Waals surface area contributed by atoms with Crippen LogP contribution in [0.2, 0.25) is 0 Å². The average Bonchev–Trinajstić information content (AvgIpc) is 3.07. The zero-order valence-corrected chi connectivity index (χ0v) is 17.1. The Balaban J connectivity index is 0.00000264. The second-order valence-corrected chi connectivity index (χ2v) is 8.25. The second kappa shape index (κ2) is 10.00. The van der Waals surface area contributed by atoms with E-state index in [4.69, 9.17) is 4.74 Å². The summed E-state index contributed by atoms with van der Waals surface area (Å²) in [6.07, 6.45) is 3.04. The number of hydrogen-bond donors (Lipinski definition) is 2. The molecule has 0 bridgehead atoms. The van der Waals surface area contributed by atoms with E-state index in [1.54, 1.807) is 14.2 Å². The van der Waals surface area contributed by atoms with Crippen molar-refractivity contribution in [2.75, 3.05) is 51.9 Å². The molecule has 0 aromatic rings. The molecular weight excluding hydrogens is 431 g/mol. The maximum absolute atomic E-state index is 11.5. The van der Waals surface area contributed by atoms with Gasteiger partial charge in [0.1, 0.15) is 0 Å². The van der Waals surface area contributed by atoms with E-state index < -0.39 is 9.84 Å². The summed E-state index contributed by atoms with van der Waals surface area (Å²) < 4.78 is 28.2. The van der Waals surface area contributed by atoms with Gasteiger partial charge in [-0.1, -0.05) is 0 Å². The maximum Gasteiger partial charge on any atom is 0.191 e. The van der Waals surface area contributed by atoms with Crippen LogP contribution in [0.25, 0.3) is 0 Å². The van der Waals surface area contributed by atoms with E-state index in [1.165, 1.54) is 12.8 Å². The molecule has 136 valence electrons. The maximum atomic E-state index is 11.5. The minimum absolute atomic E-state index is 0. The molecule has 2 unspecified atom stereocenters. The summed E-state index contributed by atoms with van der Waals surface area (Å²) >= 11 is 0. The summed E-state index contributed by atoms with van der Waals surface area (Å²) in [5.74, 6) is 1.17. The first-order valence-corrected chi connectivity index (χ1v) is 9.77. The summed E-state index contributed by atoms with van der Waals surface area (Å²) in [5, 5.41) is 6.55. The number of aliphatic imine (C=N–C) groups is 1. The van der Waals surface area contributed by atoms with Crippen LogP contribution in [0.4, 0.5) is 0 Å². The van der Waals surface area contributed by atoms with Crippen molar-refractivity contribution in [2.45, 2.75) is 31.3 Å². The molecule has 0 spiro atoms. The van der Waals surface area contributed by atoms with E-state index in [0.717, 1.165) is 26.2 Å². The highest BCUT2D eigenvalue weighted by atomic mass is 127. The Kier molecular flexibility index (Phi) is 9.09. The van der Waals surface area contributed by atoms with E-state index >= 15 is 0 Å². The van der Waals surface area contributed by atoms with Gasteiger partial charge in [-0.15, -0.1) is 24.0 Å². The molecule has 23 heavy (non-hydrogen) atoms. The highest BCUT2D eigenvalue weighted by Gasteiger charge is 2.29. The first-order valence-electron chi connectivity index (χ1n) is 7.94. The molecule has 0 amide bonds. The van der Waals surface area contributed by atoms with Crippen LogP contribution in [0.5, 0.6) is 0 Å². The average molecular weight is 460 g/mol. The Morgan fingerprint density at radius 3 is 2.78 bits per heavy atom. The van der Waals surface area contributed by atoms with Crippen molar-refractivity contribution in [3.63, 3.8) is 0 Å². The zero-order chi connectivity index (χ0) is 16.0. The van der Waals surface area contributed by atoms with Crippen LogP contribution in [-0.4, -0.2) is 83.3 Å². The van der Waals surface area contributed by atoms with Crippen LogP contribution >= 0.6 is 24.0 Å². The molecule has 7 nitrogen and oxygen atoms in total. The number of ether oxygens (including phenoxy) is 1. The number of likely N-dealkylation sites (tertiary alicyclic amines) is 1. The van der Waals surface area contributed by atoms with Gasteiger partial charge in [-0.3, -0.25) is 9.89 Å². The predicted molar refractivity (Wildman–Crippen MR) is 103 cm³/mol. The van der Waals surface area contributed by atoms with Crippen molar-refractivity contribution < 1.29 is 13.2 Å². The molecule has 0 aromatic carbocycles. The lowest BCUT2D eigenvalue weighted by Crippen LogP contribution is -2.48. The third kappa shape index (κ3) is 6.71. The fourth-order valence-electron chi connectivity index (χ4n) is 3.14. The van der Waals surface area contributed by atoms with Crippen LogP contribution in [-0.2, 0) is 14.6 Å². The number of rotatable bonds is 6. The van der Waals surface area contributed by atoms with Crippen LogP contribution in [0.1, 0.15) is 19.3 Å². The number of sulfone groups is 1. The molecule has 2 rings (SSSR count). The first kappa shape index (κ1) is 20.9. The summed E-state index contributed by atoms with van der Waals surface area (Å²) in [6, 6.07) is 0.463. The molecule has 0 saturated carbocycles. The summed E-state index contributed by atoms with van der Waals surface area (Å²) in [4.78, 5) is 6.64. The highest BCUT2D eigenvalue weighted by molar-refractivity contribution is 14.0. The van der Waals surface area contributed by atoms with Gasteiger partial charge in [-0.05, 0) is 25.8 Å². The van der Waals surface area contributed by atoms with Crippen molar-refractivity contribution in [1.82, 2.24) is 15.5 Å². The lowest BCUT2D eigenvalue weighted by atomic mass is 10.2. The van der Waals surface area contributed by atoms with Gasteiger partial charge in [0, 0.05) is 39.3 Å². The monoisotopic (exact) mass is 460 g/mol. The third-order valence-corrected chi connectivity index (χ3v) is 6.15. The Morgan fingerprint density at radius 2 is 2.17 bits per heavy atom. The van der Waals surface area contributed by atoms with Crippen molar-refractivity contribution in [3.05, 3.63) is 0 Å². The van der Waals surface area contributed by atoms with Crippen LogP contribution in [0.15, 0.2) is 4.99 Å². The first-order chi connectivity index (χ1) is 10.5. The SMILES string of the molecule is CN=C(NCC1CCCN1CCOC)NC1CCS(=O)(=O)C1.I. The molecule has 2 heterocycles. The number of methoxy groups -OCH3 is 1. The molecule has 2 N–H and O–H groups in total. The molecule has 2 saturated heterocycles. The number of guanidine groups is 1. The fraction of sp³-hybridized carbons (Fsp3) is 0.929. The minimum atomic E-state index is -2.87. The Labute approximate surface area is 156 Å².